The lowest BCUT2D eigenvalue weighted by Gasteiger charge is -2.34. The van der Waals surface area contributed by atoms with E-state index < -0.39 is 0 Å². The molecule has 1 N–H and O–H groups in total. The van der Waals surface area contributed by atoms with Crippen molar-refractivity contribution in [2.45, 2.75) is 71.1 Å². The smallest absolute Gasteiger partial charge is 0.287 e. The highest BCUT2D eigenvalue weighted by Gasteiger charge is 2.23. The standard InChI is InChI=1S/C23H32N2O3/c1-17(2)24-23(26)22-13-12-21(28-22)16-25(19-9-5-4-6-10-19)15-18-8-7-11-20(14-18)27-3/h7-8,11-14,17,19H,4-6,9-10,15-16H2,1-3H3,(H,24,26). The van der Waals surface area contributed by atoms with Gasteiger partial charge >= 0.3 is 0 Å². The lowest BCUT2D eigenvalue weighted by Crippen LogP contribution is -2.35. The quantitative estimate of drug-likeness (QED) is 0.713. The summed E-state index contributed by atoms with van der Waals surface area (Å²) in [6.45, 7) is 5.44. The van der Waals surface area contributed by atoms with Crippen LogP contribution in [0.15, 0.2) is 40.8 Å². The maximum absolute atomic E-state index is 12.2. The van der Waals surface area contributed by atoms with Crippen LogP contribution in [0.1, 0.15) is 67.8 Å². The fourth-order valence-electron chi connectivity index (χ4n) is 3.88. The van der Waals surface area contributed by atoms with E-state index in [1.165, 1.54) is 37.7 Å². The van der Waals surface area contributed by atoms with Crippen LogP contribution in [0.3, 0.4) is 0 Å². The summed E-state index contributed by atoms with van der Waals surface area (Å²) in [5.41, 5.74) is 1.23. The van der Waals surface area contributed by atoms with Gasteiger partial charge in [0.2, 0.25) is 0 Å². The summed E-state index contributed by atoms with van der Waals surface area (Å²) in [5, 5.41) is 2.88. The minimum atomic E-state index is -0.154. The Morgan fingerprint density at radius 3 is 2.68 bits per heavy atom. The summed E-state index contributed by atoms with van der Waals surface area (Å²) in [4.78, 5) is 14.7. The van der Waals surface area contributed by atoms with Gasteiger partial charge in [-0.2, -0.15) is 0 Å². The number of rotatable bonds is 8. The third-order valence-corrected chi connectivity index (χ3v) is 5.28. The van der Waals surface area contributed by atoms with Gasteiger partial charge in [-0.05, 0) is 56.5 Å². The third-order valence-electron chi connectivity index (χ3n) is 5.28. The van der Waals surface area contributed by atoms with Crippen molar-refractivity contribution in [2.75, 3.05) is 7.11 Å². The zero-order chi connectivity index (χ0) is 19.9. The monoisotopic (exact) mass is 384 g/mol. The Balaban J connectivity index is 1.73. The molecule has 0 saturated heterocycles. The molecule has 0 atom stereocenters. The summed E-state index contributed by atoms with van der Waals surface area (Å²) in [5.74, 6) is 1.95. The topological polar surface area (TPSA) is 54.7 Å². The van der Waals surface area contributed by atoms with Crippen LogP contribution >= 0.6 is 0 Å². The Morgan fingerprint density at radius 1 is 1.18 bits per heavy atom. The number of benzene rings is 1. The first kappa shape index (κ1) is 20.5. The van der Waals surface area contributed by atoms with Gasteiger partial charge < -0.3 is 14.5 Å². The van der Waals surface area contributed by atoms with Crippen LogP contribution in [-0.4, -0.2) is 30.0 Å². The molecule has 2 aromatic rings. The molecule has 0 bridgehead atoms. The van der Waals surface area contributed by atoms with E-state index in [9.17, 15) is 4.79 Å². The highest BCUT2D eigenvalue weighted by atomic mass is 16.5. The minimum absolute atomic E-state index is 0.0906. The molecule has 1 heterocycles. The lowest BCUT2D eigenvalue weighted by molar-refractivity contribution is 0.0905. The van der Waals surface area contributed by atoms with Crippen molar-refractivity contribution in [1.29, 1.82) is 0 Å². The molecular weight excluding hydrogens is 352 g/mol. The fraction of sp³-hybridized carbons (Fsp3) is 0.522. The van der Waals surface area contributed by atoms with Gasteiger partial charge in [-0.15, -0.1) is 0 Å². The third kappa shape index (κ3) is 5.61. The van der Waals surface area contributed by atoms with Crippen molar-refractivity contribution < 1.29 is 13.9 Å². The van der Waals surface area contributed by atoms with Crippen molar-refractivity contribution in [3.05, 3.63) is 53.5 Å². The number of hydrogen-bond acceptors (Lipinski definition) is 4. The second-order valence-electron chi connectivity index (χ2n) is 7.94. The number of carbonyl (C=O) groups is 1. The summed E-state index contributed by atoms with van der Waals surface area (Å²) in [6.07, 6.45) is 6.31. The van der Waals surface area contributed by atoms with Crippen molar-refractivity contribution in [1.82, 2.24) is 10.2 Å². The van der Waals surface area contributed by atoms with Crippen LogP contribution in [-0.2, 0) is 13.1 Å². The number of amides is 1. The highest BCUT2D eigenvalue weighted by molar-refractivity contribution is 5.91. The Bertz CT molecular complexity index is 763. The first-order valence-electron chi connectivity index (χ1n) is 10.3. The molecule has 1 saturated carbocycles. The number of nitrogens with one attached hydrogen (secondary N) is 1. The van der Waals surface area contributed by atoms with Gasteiger partial charge in [-0.25, -0.2) is 0 Å². The van der Waals surface area contributed by atoms with E-state index in [4.69, 9.17) is 9.15 Å². The van der Waals surface area contributed by atoms with Crippen LogP contribution in [0.2, 0.25) is 0 Å². The number of nitrogens with zero attached hydrogens (tertiary/aromatic N) is 1. The van der Waals surface area contributed by atoms with E-state index in [-0.39, 0.29) is 11.9 Å². The number of ether oxygens (including phenoxy) is 1. The number of hydrogen-bond donors (Lipinski definition) is 1. The molecule has 0 radical (unpaired) electrons. The molecule has 152 valence electrons. The molecule has 1 aromatic carbocycles. The van der Waals surface area contributed by atoms with Gasteiger partial charge in [0, 0.05) is 18.6 Å². The van der Waals surface area contributed by atoms with E-state index in [2.05, 4.69) is 22.3 Å². The lowest BCUT2D eigenvalue weighted by atomic mass is 9.93. The van der Waals surface area contributed by atoms with Crippen LogP contribution in [0, 0.1) is 0 Å². The predicted octanol–water partition coefficient (Wildman–Crippen LogP) is 4.76. The van der Waals surface area contributed by atoms with Gasteiger partial charge in [0.15, 0.2) is 5.76 Å². The average Bonchev–Trinajstić information content (AvgIpc) is 3.17. The Labute approximate surface area is 168 Å². The van der Waals surface area contributed by atoms with Gasteiger partial charge in [-0.1, -0.05) is 31.4 Å². The van der Waals surface area contributed by atoms with Crippen LogP contribution in [0.5, 0.6) is 5.75 Å². The van der Waals surface area contributed by atoms with E-state index in [1.807, 2.05) is 32.0 Å². The summed E-state index contributed by atoms with van der Waals surface area (Å²) in [7, 11) is 1.70. The van der Waals surface area contributed by atoms with E-state index in [0.29, 0.717) is 18.3 Å². The van der Waals surface area contributed by atoms with E-state index >= 15 is 0 Å². The van der Waals surface area contributed by atoms with Crippen molar-refractivity contribution >= 4 is 5.91 Å². The molecule has 1 fully saturated rings. The molecule has 1 aliphatic rings. The maximum atomic E-state index is 12.2. The molecule has 1 amide bonds. The SMILES string of the molecule is COc1cccc(CN(Cc2ccc(C(=O)NC(C)C)o2)C2CCCCC2)c1. The second-order valence-corrected chi connectivity index (χ2v) is 7.94. The van der Waals surface area contributed by atoms with Crippen LogP contribution < -0.4 is 10.1 Å². The van der Waals surface area contributed by atoms with Crippen molar-refractivity contribution in [2.24, 2.45) is 0 Å². The molecule has 3 rings (SSSR count). The maximum Gasteiger partial charge on any atom is 0.287 e. The Kier molecular flexibility index (Phi) is 7.15. The Morgan fingerprint density at radius 2 is 1.96 bits per heavy atom. The summed E-state index contributed by atoms with van der Waals surface area (Å²) in [6, 6.07) is 12.6. The highest BCUT2D eigenvalue weighted by Crippen LogP contribution is 2.27. The summed E-state index contributed by atoms with van der Waals surface area (Å²) < 4.78 is 11.3. The summed E-state index contributed by atoms with van der Waals surface area (Å²) >= 11 is 0. The largest absolute Gasteiger partial charge is 0.497 e. The molecule has 1 aromatic heterocycles. The zero-order valence-corrected chi connectivity index (χ0v) is 17.2. The molecule has 0 aliphatic heterocycles. The van der Waals surface area contributed by atoms with E-state index in [0.717, 1.165) is 18.1 Å². The first-order chi connectivity index (χ1) is 13.5. The van der Waals surface area contributed by atoms with E-state index in [1.54, 1.807) is 13.2 Å². The normalized spacial score (nSPS) is 15.2. The number of methoxy groups -OCH3 is 1. The van der Waals surface area contributed by atoms with Gasteiger partial charge in [0.25, 0.3) is 5.91 Å². The van der Waals surface area contributed by atoms with Gasteiger partial charge in [0.05, 0.1) is 13.7 Å². The molecule has 0 unspecified atom stereocenters. The van der Waals surface area contributed by atoms with Crippen molar-refractivity contribution in [3.8, 4) is 5.75 Å². The van der Waals surface area contributed by atoms with Crippen LogP contribution in [0.4, 0.5) is 0 Å². The molecule has 5 nitrogen and oxygen atoms in total. The molecule has 0 spiro atoms. The number of carbonyl (C=O) groups excluding carboxylic acids is 1. The van der Waals surface area contributed by atoms with Crippen molar-refractivity contribution in [3.63, 3.8) is 0 Å². The fourth-order valence-corrected chi connectivity index (χ4v) is 3.88. The molecule has 1 aliphatic carbocycles. The minimum Gasteiger partial charge on any atom is -0.497 e. The van der Waals surface area contributed by atoms with Gasteiger partial charge in [-0.3, -0.25) is 9.69 Å². The second kappa shape index (κ2) is 9.78. The molecule has 28 heavy (non-hydrogen) atoms. The number of furan rings is 1. The first-order valence-corrected chi connectivity index (χ1v) is 10.3. The average molecular weight is 385 g/mol. The predicted molar refractivity (Wildman–Crippen MR) is 110 cm³/mol. The van der Waals surface area contributed by atoms with Crippen LogP contribution in [0.25, 0.3) is 0 Å². The zero-order valence-electron chi connectivity index (χ0n) is 17.2. The molecule has 5 heteroatoms. The Hall–Kier alpha value is -2.27. The van der Waals surface area contributed by atoms with Gasteiger partial charge in [0.1, 0.15) is 11.5 Å². The molecular formula is C23H32N2O3.